The third-order valence-electron chi connectivity index (χ3n) is 1.77. The van der Waals surface area contributed by atoms with Crippen LogP contribution in [0, 0.1) is 11.8 Å². The minimum atomic E-state index is 0.260. The molecule has 0 aliphatic carbocycles. The maximum atomic E-state index is 10.1. The fourth-order valence-electron chi connectivity index (χ4n) is 0.794. The zero-order valence-electron chi connectivity index (χ0n) is 5.05. The van der Waals surface area contributed by atoms with Crippen LogP contribution >= 0.6 is 0 Å². The molecule has 0 aromatic rings. The van der Waals surface area contributed by atoms with Crippen LogP contribution < -0.4 is 5.32 Å². The van der Waals surface area contributed by atoms with Gasteiger partial charge in [-0.2, -0.15) is 0 Å². The maximum absolute atomic E-state index is 10.1. The van der Waals surface area contributed by atoms with E-state index in [1.54, 1.807) is 0 Å². The molecule has 0 aromatic heterocycles. The van der Waals surface area contributed by atoms with E-state index in [9.17, 15) is 4.79 Å². The zero-order valence-corrected chi connectivity index (χ0v) is 5.05. The first-order chi connectivity index (χ1) is 3.84. The summed E-state index contributed by atoms with van der Waals surface area (Å²) in [6, 6.07) is 0. The van der Waals surface area contributed by atoms with Gasteiger partial charge >= 0.3 is 0 Å². The van der Waals surface area contributed by atoms with E-state index in [2.05, 4.69) is 5.32 Å². The Bertz CT molecular complexity index is 88.5. The molecule has 1 saturated heterocycles. The topological polar surface area (TPSA) is 29.1 Å². The van der Waals surface area contributed by atoms with Gasteiger partial charge in [0.2, 0.25) is 0 Å². The Morgan fingerprint density at radius 3 is 2.50 bits per heavy atom. The third kappa shape index (κ3) is 0.892. The van der Waals surface area contributed by atoms with E-state index in [0.29, 0.717) is 5.92 Å². The summed E-state index contributed by atoms with van der Waals surface area (Å²) in [5.41, 5.74) is 0. The standard InChI is InChI=1S/C6H11NO/c1-5(4-8)6-2-7-3-6/h4-7H,2-3H2,1H3. The fraction of sp³-hybridized carbons (Fsp3) is 0.833. The van der Waals surface area contributed by atoms with Gasteiger partial charge in [0.05, 0.1) is 0 Å². The Hall–Kier alpha value is -0.370. The lowest BCUT2D eigenvalue weighted by Gasteiger charge is -2.29. The molecule has 2 heteroatoms. The van der Waals surface area contributed by atoms with Crippen molar-refractivity contribution < 1.29 is 4.79 Å². The molecule has 0 bridgehead atoms. The van der Waals surface area contributed by atoms with Crippen molar-refractivity contribution in [2.24, 2.45) is 11.8 Å². The molecule has 1 heterocycles. The van der Waals surface area contributed by atoms with Crippen LogP contribution in [-0.2, 0) is 4.79 Å². The lowest BCUT2D eigenvalue weighted by atomic mass is 9.90. The Labute approximate surface area is 49.3 Å². The van der Waals surface area contributed by atoms with Gasteiger partial charge in [-0.15, -0.1) is 0 Å². The van der Waals surface area contributed by atoms with E-state index < -0.39 is 0 Å². The molecule has 1 fully saturated rings. The van der Waals surface area contributed by atoms with Crippen LogP contribution in [0.4, 0.5) is 0 Å². The van der Waals surface area contributed by atoms with E-state index in [1.165, 1.54) is 0 Å². The second kappa shape index (κ2) is 2.27. The minimum Gasteiger partial charge on any atom is -0.316 e. The highest BCUT2D eigenvalue weighted by Crippen LogP contribution is 2.12. The smallest absolute Gasteiger partial charge is 0.123 e. The van der Waals surface area contributed by atoms with E-state index in [4.69, 9.17) is 0 Å². The predicted molar refractivity (Wildman–Crippen MR) is 31.6 cm³/mol. The van der Waals surface area contributed by atoms with Gasteiger partial charge in [-0.3, -0.25) is 0 Å². The molecule has 0 spiro atoms. The van der Waals surface area contributed by atoms with Crippen LogP contribution in [0.25, 0.3) is 0 Å². The van der Waals surface area contributed by atoms with Gasteiger partial charge < -0.3 is 10.1 Å². The van der Waals surface area contributed by atoms with Crippen molar-refractivity contribution in [1.82, 2.24) is 5.32 Å². The Balaban J connectivity index is 2.22. The molecule has 1 atom stereocenters. The summed E-state index contributed by atoms with van der Waals surface area (Å²) in [7, 11) is 0. The van der Waals surface area contributed by atoms with Crippen LogP contribution in [0.15, 0.2) is 0 Å². The van der Waals surface area contributed by atoms with E-state index >= 15 is 0 Å². The van der Waals surface area contributed by atoms with Gasteiger partial charge in [0.1, 0.15) is 6.29 Å². The fourth-order valence-corrected chi connectivity index (χ4v) is 0.794. The van der Waals surface area contributed by atoms with Gasteiger partial charge in [0, 0.05) is 5.92 Å². The molecule has 1 rings (SSSR count). The summed E-state index contributed by atoms with van der Waals surface area (Å²) < 4.78 is 0. The monoisotopic (exact) mass is 113 g/mol. The lowest BCUT2D eigenvalue weighted by molar-refractivity contribution is -0.112. The zero-order chi connectivity index (χ0) is 5.98. The number of hydrogen-bond acceptors (Lipinski definition) is 2. The summed E-state index contributed by atoms with van der Waals surface area (Å²) in [5, 5.41) is 3.12. The van der Waals surface area contributed by atoms with Crippen molar-refractivity contribution in [1.29, 1.82) is 0 Å². The first-order valence-corrected chi connectivity index (χ1v) is 3.00. The molecule has 1 aliphatic rings. The molecule has 2 nitrogen and oxygen atoms in total. The van der Waals surface area contributed by atoms with Crippen LogP contribution in [0.1, 0.15) is 6.92 Å². The second-order valence-corrected chi connectivity index (χ2v) is 2.41. The van der Waals surface area contributed by atoms with E-state index in [0.717, 1.165) is 19.4 Å². The predicted octanol–water partition coefficient (Wildman–Crippen LogP) is 0.0408. The molecule has 1 N–H and O–H groups in total. The number of nitrogens with one attached hydrogen (secondary N) is 1. The highest BCUT2D eigenvalue weighted by atomic mass is 16.1. The van der Waals surface area contributed by atoms with Crippen LogP contribution in [0.2, 0.25) is 0 Å². The molecule has 46 valence electrons. The minimum absolute atomic E-state index is 0.260. The normalized spacial score (nSPS) is 24.1. The summed E-state index contributed by atoms with van der Waals surface area (Å²) in [6.07, 6.45) is 1.03. The summed E-state index contributed by atoms with van der Waals surface area (Å²) in [6.45, 7) is 4.03. The highest BCUT2D eigenvalue weighted by Gasteiger charge is 2.22. The van der Waals surface area contributed by atoms with Crippen LogP contribution in [-0.4, -0.2) is 19.4 Å². The first kappa shape index (κ1) is 5.76. The Kier molecular flexibility index (Phi) is 1.63. The Morgan fingerprint density at radius 1 is 1.75 bits per heavy atom. The molecule has 1 unspecified atom stereocenters. The third-order valence-corrected chi connectivity index (χ3v) is 1.77. The molecule has 0 radical (unpaired) electrons. The summed E-state index contributed by atoms with van der Waals surface area (Å²) >= 11 is 0. The maximum Gasteiger partial charge on any atom is 0.123 e. The molecule has 0 amide bonds. The number of carbonyl (C=O) groups is 1. The molecular weight excluding hydrogens is 102 g/mol. The second-order valence-electron chi connectivity index (χ2n) is 2.41. The van der Waals surface area contributed by atoms with E-state index in [1.807, 2.05) is 6.92 Å². The number of hydrogen-bond donors (Lipinski definition) is 1. The van der Waals surface area contributed by atoms with Crippen LogP contribution in [0.5, 0.6) is 0 Å². The van der Waals surface area contributed by atoms with Gasteiger partial charge in [-0.1, -0.05) is 6.92 Å². The largest absolute Gasteiger partial charge is 0.316 e. The molecule has 1 aliphatic heterocycles. The van der Waals surface area contributed by atoms with Crippen molar-refractivity contribution in [3.63, 3.8) is 0 Å². The molecule has 8 heavy (non-hydrogen) atoms. The molecule has 0 saturated carbocycles. The number of carbonyl (C=O) groups excluding carboxylic acids is 1. The SMILES string of the molecule is CC(C=O)C1CNC1. The van der Waals surface area contributed by atoms with Gasteiger partial charge in [-0.25, -0.2) is 0 Å². The average Bonchev–Trinajstić information content (AvgIpc) is 1.62. The first-order valence-electron chi connectivity index (χ1n) is 3.00. The van der Waals surface area contributed by atoms with Crippen molar-refractivity contribution in [2.45, 2.75) is 6.92 Å². The van der Waals surface area contributed by atoms with E-state index in [-0.39, 0.29) is 5.92 Å². The lowest BCUT2D eigenvalue weighted by Crippen LogP contribution is -2.45. The summed E-state index contributed by atoms with van der Waals surface area (Å²) in [5.74, 6) is 0.878. The van der Waals surface area contributed by atoms with Crippen molar-refractivity contribution in [3.05, 3.63) is 0 Å². The quantitative estimate of drug-likeness (QED) is 0.512. The molecule has 0 aromatic carbocycles. The number of rotatable bonds is 2. The highest BCUT2D eigenvalue weighted by molar-refractivity contribution is 5.53. The van der Waals surface area contributed by atoms with Crippen molar-refractivity contribution in [2.75, 3.05) is 13.1 Å². The van der Waals surface area contributed by atoms with Gasteiger partial charge in [0.25, 0.3) is 0 Å². The Morgan fingerprint density at radius 2 is 2.38 bits per heavy atom. The number of aldehydes is 1. The van der Waals surface area contributed by atoms with Crippen molar-refractivity contribution >= 4 is 6.29 Å². The van der Waals surface area contributed by atoms with Gasteiger partial charge in [-0.05, 0) is 19.0 Å². The van der Waals surface area contributed by atoms with Gasteiger partial charge in [0.15, 0.2) is 0 Å². The van der Waals surface area contributed by atoms with Crippen molar-refractivity contribution in [3.8, 4) is 0 Å². The van der Waals surface area contributed by atoms with Crippen LogP contribution in [0.3, 0.4) is 0 Å². The summed E-state index contributed by atoms with van der Waals surface area (Å²) in [4.78, 5) is 10.1. The average molecular weight is 113 g/mol. The molecular formula is C6H11NO.